The summed E-state index contributed by atoms with van der Waals surface area (Å²) in [5.74, 6) is -0.0659. The third-order valence-electron chi connectivity index (χ3n) is 3.06. The zero-order valence-corrected chi connectivity index (χ0v) is 13.9. The predicted octanol–water partition coefficient (Wildman–Crippen LogP) is 2.42. The number of carbonyl (C=O) groups is 2. The first-order valence-corrected chi connectivity index (χ1v) is 8.12. The summed E-state index contributed by atoms with van der Waals surface area (Å²) in [6.07, 6.45) is 2.46. The number of methoxy groups -OCH3 is 1. The molecule has 1 rings (SSSR count). The van der Waals surface area contributed by atoms with Crippen molar-refractivity contribution in [3.8, 4) is 5.75 Å². The molecular formula is C15H22N2O4S. The molecule has 0 spiro atoms. The number of carboxylic acid groups (broad SMARTS) is 1. The first-order valence-electron chi connectivity index (χ1n) is 6.89. The van der Waals surface area contributed by atoms with E-state index in [1.807, 2.05) is 24.5 Å². The Labute approximate surface area is 134 Å². The quantitative estimate of drug-likeness (QED) is 0.566. The third-order valence-corrected chi connectivity index (χ3v) is 3.84. The van der Waals surface area contributed by atoms with E-state index in [-0.39, 0.29) is 12.5 Å². The highest BCUT2D eigenvalue weighted by Crippen LogP contribution is 2.28. The monoisotopic (exact) mass is 326 g/mol. The van der Waals surface area contributed by atoms with E-state index >= 15 is 0 Å². The maximum absolute atomic E-state index is 11.9. The molecule has 0 radical (unpaired) electrons. The predicted molar refractivity (Wildman–Crippen MR) is 86.5 cm³/mol. The molecule has 2 N–H and O–H groups in total. The standard InChI is InChI=1S/C15H22N2O4S/c1-17(15(20)16-8-4-5-14(18)19)10-11-6-7-13(22-3)12(9-11)21-2/h6-7,9H,4-5,8,10H2,1-3H3,(H,16,20)(H,18,19). The van der Waals surface area contributed by atoms with E-state index in [1.165, 1.54) is 0 Å². The van der Waals surface area contributed by atoms with Gasteiger partial charge in [0.1, 0.15) is 5.75 Å². The fourth-order valence-electron chi connectivity index (χ4n) is 1.89. The van der Waals surface area contributed by atoms with Crippen LogP contribution in [0.1, 0.15) is 18.4 Å². The number of urea groups is 1. The second-order valence-corrected chi connectivity index (χ2v) is 5.62. The summed E-state index contributed by atoms with van der Waals surface area (Å²) in [4.78, 5) is 24.9. The highest BCUT2D eigenvalue weighted by atomic mass is 32.2. The topological polar surface area (TPSA) is 78.9 Å². The van der Waals surface area contributed by atoms with Crippen LogP contribution >= 0.6 is 11.8 Å². The molecule has 0 heterocycles. The van der Waals surface area contributed by atoms with Gasteiger partial charge in [0.15, 0.2) is 0 Å². The molecule has 0 aliphatic carbocycles. The Morgan fingerprint density at radius 2 is 2.14 bits per heavy atom. The molecule has 1 aromatic carbocycles. The minimum atomic E-state index is -0.858. The van der Waals surface area contributed by atoms with Gasteiger partial charge in [-0.1, -0.05) is 6.07 Å². The number of carbonyl (C=O) groups excluding carboxylic acids is 1. The Balaban J connectivity index is 2.51. The molecule has 0 fully saturated rings. The Bertz CT molecular complexity index is 522. The number of hydrogen-bond acceptors (Lipinski definition) is 4. The number of hydrogen-bond donors (Lipinski definition) is 2. The van der Waals surface area contributed by atoms with E-state index in [4.69, 9.17) is 9.84 Å². The van der Waals surface area contributed by atoms with E-state index in [0.29, 0.717) is 19.5 Å². The summed E-state index contributed by atoms with van der Waals surface area (Å²) in [6, 6.07) is 5.62. The number of nitrogens with one attached hydrogen (secondary N) is 1. The summed E-state index contributed by atoms with van der Waals surface area (Å²) in [7, 11) is 3.32. The summed E-state index contributed by atoms with van der Waals surface area (Å²) < 4.78 is 5.33. The molecule has 0 bridgehead atoms. The van der Waals surface area contributed by atoms with E-state index in [1.54, 1.807) is 30.8 Å². The van der Waals surface area contributed by atoms with Crippen LogP contribution in [0.2, 0.25) is 0 Å². The van der Waals surface area contributed by atoms with Gasteiger partial charge in [0, 0.05) is 31.5 Å². The van der Waals surface area contributed by atoms with Crippen molar-refractivity contribution < 1.29 is 19.4 Å². The first-order chi connectivity index (χ1) is 10.5. The molecular weight excluding hydrogens is 304 g/mol. The van der Waals surface area contributed by atoms with Crippen molar-refractivity contribution in [2.75, 3.05) is 27.0 Å². The lowest BCUT2D eigenvalue weighted by Crippen LogP contribution is -2.37. The van der Waals surface area contributed by atoms with E-state index in [0.717, 1.165) is 16.2 Å². The summed E-state index contributed by atoms with van der Waals surface area (Å²) in [5, 5.41) is 11.2. The zero-order chi connectivity index (χ0) is 16.5. The molecule has 0 atom stereocenters. The van der Waals surface area contributed by atoms with Crippen LogP contribution in [0.25, 0.3) is 0 Å². The third kappa shape index (κ3) is 5.85. The van der Waals surface area contributed by atoms with Gasteiger partial charge >= 0.3 is 12.0 Å². The molecule has 0 saturated carbocycles. The molecule has 122 valence electrons. The number of rotatable bonds is 8. The van der Waals surface area contributed by atoms with Gasteiger partial charge in [0.25, 0.3) is 0 Å². The van der Waals surface area contributed by atoms with Gasteiger partial charge < -0.3 is 20.1 Å². The minimum absolute atomic E-state index is 0.0529. The van der Waals surface area contributed by atoms with Crippen LogP contribution in [0.3, 0.4) is 0 Å². The maximum atomic E-state index is 11.9. The summed E-state index contributed by atoms with van der Waals surface area (Å²) >= 11 is 1.60. The van der Waals surface area contributed by atoms with Gasteiger partial charge in [0.05, 0.1) is 7.11 Å². The van der Waals surface area contributed by atoms with E-state index < -0.39 is 5.97 Å². The number of thioether (sulfide) groups is 1. The van der Waals surface area contributed by atoms with Gasteiger partial charge in [0.2, 0.25) is 0 Å². The van der Waals surface area contributed by atoms with Crippen molar-refractivity contribution in [1.29, 1.82) is 0 Å². The van der Waals surface area contributed by atoms with Gasteiger partial charge in [-0.15, -0.1) is 11.8 Å². The molecule has 6 nitrogen and oxygen atoms in total. The summed E-state index contributed by atoms with van der Waals surface area (Å²) in [5.41, 5.74) is 0.970. The Hall–Kier alpha value is -1.89. The zero-order valence-electron chi connectivity index (χ0n) is 13.1. The molecule has 2 amide bonds. The Morgan fingerprint density at radius 1 is 1.41 bits per heavy atom. The molecule has 1 aromatic rings. The lowest BCUT2D eigenvalue weighted by molar-refractivity contribution is -0.137. The van der Waals surface area contributed by atoms with E-state index in [9.17, 15) is 9.59 Å². The molecule has 7 heteroatoms. The van der Waals surface area contributed by atoms with Crippen LogP contribution in [-0.4, -0.2) is 49.0 Å². The van der Waals surface area contributed by atoms with E-state index in [2.05, 4.69) is 5.32 Å². The second kappa shape index (κ2) is 9.19. The lowest BCUT2D eigenvalue weighted by atomic mass is 10.2. The molecule has 0 saturated heterocycles. The van der Waals surface area contributed by atoms with Crippen LogP contribution < -0.4 is 10.1 Å². The van der Waals surface area contributed by atoms with Crippen LogP contribution in [0.4, 0.5) is 4.79 Å². The average Bonchev–Trinajstić information content (AvgIpc) is 2.50. The average molecular weight is 326 g/mol. The Kier molecular flexibility index (Phi) is 7.59. The number of aliphatic carboxylic acids is 1. The number of ether oxygens (including phenoxy) is 1. The fourth-order valence-corrected chi connectivity index (χ4v) is 2.44. The van der Waals surface area contributed by atoms with Crippen molar-refractivity contribution in [2.24, 2.45) is 0 Å². The summed E-state index contributed by atoms with van der Waals surface area (Å²) in [6.45, 7) is 0.806. The van der Waals surface area contributed by atoms with Crippen molar-refractivity contribution in [3.63, 3.8) is 0 Å². The largest absolute Gasteiger partial charge is 0.496 e. The minimum Gasteiger partial charge on any atom is -0.496 e. The lowest BCUT2D eigenvalue weighted by Gasteiger charge is -2.19. The highest BCUT2D eigenvalue weighted by molar-refractivity contribution is 7.98. The Morgan fingerprint density at radius 3 is 2.73 bits per heavy atom. The smallest absolute Gasteiger partial charge is 0.317 e. The van der Waals surface area contributed by atoms with Crippen molar-refractivity contribution in [3.05, 3.63) is 23.8 Å². The van der Waals surface area contributed by atoms with Crippen molar-refractivity contribution >= 4 is 23.8 Å². The molecule has 0 aromatic heterocycles. The maximum Gasteiger partial charge on any atom is 0.317 e. The van der Waals surface area contributed by atoms with Crippen LogP contribution in [0, 0.1) is 0 Å². The fraction of sp³-hybridized carbons (Fsp3) is 0.467. The number of benzene rings is 1. The van der Waals surface area contributed by atoms with Gasteiger partial charge in [-0.25, -0.2) is 4.79 Å². The SMILES string of the molecule is COc1cc(CN(C)C(=O)NCCCC(=O)O)ccc1SC. The molecule has 0 aliphatic rings. The molecule has 22 heavy (non-hydrogen) atoms. The van der Waals surface area contributed by atoms with Gasteiger partial charge in [-0.05, 0) is 30.4 Å². The van der Waals surface area contributed by atoms with Crippen LogP contribution in [-0.2, 0) is 11.3 Å². The normalized spacial score (nSPS) is 10.1. The first kappa shape index (κ1) is 18.2. The number of amides is 2. The van der Waals surface area contributed by atoms with Crippen molar-refractivity contribution in [2.45, 2.75) is 24.3 Å². The second-order valence-electron chi connectivity index (χ2n) is 4.77. The molecule has 0 aliphatic heterocycles. The number of carboxylic acids is 1. The van der Waals surface area contributed by atoms with Gasteiger partial charge in [-0.2, -0.15) is 0 Å². The van der Waals surface area contributed by atoms with Crippen LogP contribution in [0.5, 0.6) is 5.75 Å². The van der Waals surface area contributed by atoms with Crippen molar-refractivity contribution in [1.82, 2.24) is 10.2 Å². The molecule has 0 unspecified atom stereocenters. The van der Waals surface area contributed by atoms with Crippen LogP contribution in [0.15, 0.2) is 23.1 Å². The van der Waals surface area contributed by atoms with Gasteiger partial charge in [-0.3, -0.25) is 4.79 Å². The highest BCUT2D eigenvalue weighted by Gasteiger charge is 2.10. The number of nitrogens with zero attached hydrogens (tertiary/aromatic N) is 1.